The Hall–Kier alpha value is -0.900. The molecule has 1 aromatic rings. The number of rotatable bonds is 1. The van der Waals surface area contributed by atoms with Crippen molar-refractivity contribution in [2.24, 2.45) is 0 Å². The molecule has 0 heterocycles. The van der Waals surface area contributed by atoms with Crippen molar-refractivity contribution in [3.05, 3.63) is 38.9 Å². The van der Waals surface area contributed by atoms with Crippen molar-refractivity contribution in [2.75, 3.05) is 0 Å². The summed E-state index contributed by atoms with van der Waals surface area (Å²) >= 11 is 3.00. The Morgan fingerprint density at radius 2 is 2.40 bits per heavy atom. The van der Waals surface area contributed by atoms with Gasteiger partial charge in [0.15, 0.2) is 0 Å². The molecule has 0 aliphatic carbocycles. The van der Waals surface area contributed by atoms with Gasteiger partial charge in [-0.25, -0.2) is 0 Å². The fraction of sp³-hybridized carbons (Fsp3) is 0. The SMILES string of the molecule is O=[N+]([O-])c1ccc[c]c1Br. The Labute approximate surface area is 66.0 Å². The van der Waals surface area contributed by atoms with Crippen LogP contribution in [0, 0.1) is 16.2 Å². The van der Waals surface area contributed by atoms with Crippen molar-refractivity contribution in [3.8, 4) is 0 Å². The molecule has 3 nitrogen and oxygen atoms in total. The zero-order valence-electron chi connectivity index (χ0n) is 4.87. The van der Waals surface area contributed by atoms with Crippen molar-refractivity contribution < 1.29 is 4.92 Å². The minimum absolute atomic E-state index is 0.0440. The van der Waals surface area contributed by atoms with Crippen LogP contribution >= 0.6 is 15.9 Å². The van der Waals surface area contributed by atoms with E-state index in [4.69, 9.17) is 0 Å². The Morgan fingerprint density at radius 1 is 1.70 bits per heavy atom. The van der Waals surface area contributed by atoms with Crippen LogP contribution in [0.4, 0.5) is 5.69 Å². The minimum atomic E-state index is -0.458. The molecule has 0 aromatic heterocycles. The second-order valence-corrected chi connectivity index (χ2v) is 2.42. The maximum absolute atomic E-state index is 10.2. The Bertz CT molecular complexity index is 262. The quantitative estimate of drug-likeness (QED) is 0.516. The molecule has 0 spiro atoms. The summed E-state index contributed by atoms with van der Waals surface area (Å²) in [5.41, 5.74) is 0.0440. The summed E-state index contributed by atoms with van der Waals surface area (Å²) in [5.74, 6) is 0. The van der Waals surface area contributed by atoms with Gasteiger partial charge in [-0.3, -0.25) is 10.1 Å². The standard InChI is InChI=1S/C6H3BrNO2/c7-5-3-1-2-4-6(5)8(9)10/h1-2,4H. The molecule has 0 fully saturated rings. The largest absolute Gasteiger partial charge is 0.284 e. The Balaban J connectivity index is 3.15. The van der Waals surface area contributed by atoms with Crippen molar-refractivity contribution >= 4 is 21.6 Å². The molecule has 0 N–H and O–H groups in total. The Morgan fingerprint density at radius 3 is 2.80 bits per heavy atom. The highest BCUT2D eigenvalue weighted by molar-refractivity contribution is 9.10. The molecule has 10 heavy (non-hydrogen) atoms. The molecule has 0 atom stereocenters. The van der Waals surface area contributed by atoms with E-state index in [1.54, 1.807) is 12.1 Å². The van der Waals surface area contributed by atoms with E-state index in [9.17, 15) is 10.1 Å². The van der Waals surface area contributed by atoms with E-state index >= 15 is 0 Å². The van der Waals surface area contributed by atoms with Crippen molar-refractivity contribution in [1.82, 2.24) is 0 Å². The predicted octanol–water partition coefficient (Wildman–Crippen LogP) is 2.16. The van der Waals surface area contributed by atoms with E-state index in [2.05, 4.69) is 22.0 Å². The molecular weight excluding hydrogens is 198 g/mol. The first kappa shape index (κ1) is 7.21. The van der Waals surface area contributed by atoms with Crippen molar-refractivity contribution in [1.29, 1.82) is 0 Å². The third-order valence-corrected chi connectivity index (χ3v) is 1.62. The van der Waals surface area contributed by atoms with Gasteiger partial charge < -0.3 is 0 Å². The molecule has 1 radical (unpaired) electrons. The first-order valence-electron chi connectivity index (χ1n) is 2.52. The second-order valence-electron chi connectivity index (χ2n) is 1.63. The van der Waals surface area contributed by atoms with Gasteiger partial charge in [-0.1, -0.05) is 12.1 Å². The van der Waals surface area contributed by atoms with Crippen LogP contribution in [0.25, 0.3) is 0 Å². The molecule has 0 saturated heterocycles. The zero-order chi connectivity index (χ0) is 7.56. The van der Waals surface area contributed by atoms with Gasteiger partial charge in [0.1, 0.15) is 4.47 Å². The molecular formula is C6H3BrNO2. The monoisotopic (exact) mass is 200 g/mol. The number of nitro groups is 1. The molecule has 0 unspecified atom stereocenters. The average Bonchev–Trinajstić information content (AvgIpc) is 1.88. The average molecular weight is 201 g/mol. The highest BCUT2D eigenvalue weighted by Gasteiger charge is 2.08. The summed E-state index contributed by atoms with van der Waals surface area (Å²) in [6, 6.07) is 7.25. The molecule has 0 aliphatic rings. The van der Waals surface area contributed by atoms with Crippen LogP contribution in [0.5, 0.6) is 0 Å². The van der Waals surface area contributed by atoms with E-state index in [1.807, 2.05) is 0 Å². The smallest absolute Gasteiger partial charge is 0.258 e. The maximum Gasteiger partial charge on any atom is 0.284 e. The van der Waals surface area contributed by atoms with Gasteiger partial charge in [0.05, 0.1) is 4.92 Å². The lowest BCUT2D eigenvalue weighted by Gasteiger charge is -1.90. The summed E-state index contributed by atoms with van der Waals surface area (Å²) in [6.07, 6.45) is 0. The lowest BCUT2D eigenvalue weighted by molar-refractivity contribution is -0.385. The van der Waals surface area contributed by atoms with Gasteiger partial charge in [-0.05, 0) is 15.9 Å². The van der Waals surface area contributed by atoms with Crippen LogP contribution in [-0.4, -0.2) is 4.92 Å². The van der Waals surface area contributed by atoms with E-state index in [0.29, 0.717) is 4.47 Å². The summed E-state index contributed by atoms with van der Waals surface area (Å²) in [7, 11) is 0. The van der Waals surface area contributed by atoms with Crippen LogP contribution < -0.4 is 0 Å². The van der Waals surface area contributed by atoms with Gasteiger partial charge in [-0.15, -0.1) is 0 Å². The van der Waals surface area contributed by atoms with Gasteiger partial charge in [0, 0.05) is 12.1 Å². The molecule has 0 aliphatic heterocycles. The topological polar surface area (TPSA) is 43.1 Å². The molecule has 0 bridgehead atoms. The number of halogens is 1. The summed E-state index contributed by atoms with van der Waals surface area (Å²) in [6.45, 7) is 0. The number of benzene rings is 1. The molecule has 0 saturated carbocycles. The zero-order valence-corrected chi connectivity index (χ0v) is 6.46. The molecule has 1 aromatic carbocycles. The van der Waals surface area contributed by atoms with Crippen LogP contribution in [-0.2, 0) is 0 Å². The fourth-order valence-corrected chi connectivity index (χ4v) is 0.958. The van der Waals surface area contributed by atoms with Gasteiger partial charge >= 0.3 is 0 Å². The van der Waals surface area contributed by atoms with Crippen LogP contribution in [0.2, 0.25) is 0 Å². The van der Waals surface area contributed by atoms with Gasteiger partial charge in [-0.2, -0.15) is 0 Å². The summed E-state index contributed by atoms with van der Waals surface area (Å²) in [5, 5.41) is 10.2. The summed E-state index contributed by atoms with van der Waals surface area (Å²) in [4.78, 5) is 9.72. The third kappa shape index (κ3) is 1.33. The molecule has 0 amide bonds. The van der Waals surface area contributed by atoms with Crippen LogP contribution in [0.15, 0.2) is 22.7 Å². The minimum Gasteiger partial charge on any atom is -0.258 e. The van der Waals surface area contributed by atoms with E-state index in [1.165, 1.54) is 6.07 Å². The van der Waals surface area contributed by atoms with E-state index < -0.39 is 4.92 Å². The van der Waals surface area contributed by atoms with E-state index in [0.717, 1.165) is 0 Å². The normalized spacial score (nSPS) is 9.30. The highest BCUT2D eigenvalue weighted by atomic mass is 79.9. The maximum atomic E-state index is 10.2. The number of hydrogen-bond donors (Lipinski definition) is 0. The summed E-state index contributed by atoms with van der Waals surface area (Å²) < 4.78 is 0.389. The van der Waals surface area contributed by atoms with Crippen molar-refractivity contribution in [3.63, 3.8) is 0 Å². The fourth-order valence-electron chi connectivity index (χ4n) is 0.549. The lowest BCUT2D eigenvalue weighted by atomic mass is 10.3. The van der Waals surface area contributed by atoms with E-state index in [-0.39, 0.29) is 5.69 Å². The third-order valence-electron chi connectivity index (χ3n) is 0.982. The first-order chi connectivity index (χ1) is 4.72. The molecule has 51 valence electrons. The number of nitrogens with zero attached hydrogens (tertiary/aromatic N) is 1. The number of nitro benzene ring substituents is 1. The van der Waals surface area contributed by atoms with Crippen molar-refractivity contribution in [2.45, 2.75) is 0 Å². The van der Waals surface area contributed by atoms with Crippen LogP contribution in [0.3, 0.4) is 0 Å². The molecule has 4 heteroatoms. The predicted molar refractivity (Wildman–Crippen MR) is 39.6 cm³/mol. The Kier molecular flexibility index (Phi) is 2.01. The van der Waals surface area contributed by atoms with Gasteiger partial charge in [0.2, 0.25) is 0 Å². The highest BCUT2D eigenvalue weighted by Crippen LogP contribution is 2.22. The van der Waals surface area contributed by atoms with Gasteiger partial charge in [0.25, 0.3) is 5.69 Å². The lowest BCUT2D eigenvalue weighted by Crippen LogP contribution is -1.87. The first-order valence-corrected chi connectivity index (χ1v) is 3.31. The second kappa shape index (κ2) is 2.79. The van der Waals surface area contributed by atoms with Crippen LogP contribution in [0.1, 0.15) is 0 Å². The number of hydrogen-bond acceptors (Lipinski definition) is 2. The molecule has 1 rings (SSSR count).